The fourth-order valence-electron chi connectivity index (χ4n) is 7.83. The number of rotatable bonds is 3. The predicted octanol–water partition coefficient (Wildman–Crippen LogP) is 13.2. The molecule has 0 atom stereocenters. The Bertz CT molecular complexity index is 2790. The summed E-state index contributed by atoms with van der Waals surface area (Å²) in [5.41, 5.74) is 9.26. The summed E-state index contributed by atoms with van der Waals surface area (Å²) in [4.78, 5) is 0. The molecular formula is C46H28O. The minimum absolute atomic E-state index is 0.913. The summed E-state index contributed by atoms with van der Waals surface area (Å²) in [5.74, 6) is 0. The highest BCUT2D eigenvalue weighted by molar-refractivity contribution is 6.24. The summed E-state index contributed by atoms with van der Waals surface area (Å²) in [5, 5.41) is 12.3. The Labute approximate surface area is 271 Å². The zero-order chi connectivity index (χ0) is 30.9. The van der Waals surface area contributed by atoms with Gasteiger partial charge in [-0.15, -0.1) is 0 Å². The minimum atomic E-state index is 0.913. The van der Waals surface area contributed by atoms with Crippen LogP contribution in [0.4, 0.5) is 0 Å². The van der Waals surface area contributed by atoms with Crippen LogP contribution in [0.15, 0.2) is 174 Å². The van der Waals surface area contributed by atoms with Crippen molar-refractivity contribution in [2.75, 3.05) is 0 Å². The summed E-state index contributed by atoms with van der Waals surface area (Å²) < 4.78 is 6.35. The van der Waals surface area contributed by atoms with Crippen LogP contribution in [-0.2, 0) is 0 Å². The van der Waals surface area contributed by atoms with Gasteiger partial charge in [-0.3, -0.25) is 0 Å². The zero-order valence-electron chi connectivity index (χ0n) is 25.6. The van der Waals surface area contributed by atoms with Crippen molar-refractivity contribution in [1.82, 2.24) is 0 Å². The summed E-state index contributed by atoms with van der Waals surface area (Å²) >= 11 is 0. The normalized spacial score (nSPS) is 11.8. The van der Waals surface area contributed by atoms with Crippen LogP contribution in [-0.4, -0.2) is 0 Å². The lowest BCUT2D eigenvalue weighted by Crippen LogP contribution is -1.92. The first-order chi connectivity index (χ1) is 23.3. The molecule has 0 spiro atoms. The van der Waals surface area contributed by atoms with Gasteiger partial charge in [0.15, 0.2) is 0 Å². The summed E-state index contributed by atoms with van der Waals surface area (Å²) in [6, 6.07) is 61.6. The molecule has 0 N–H and O–H groups in total. The standard InChI is InChI=1S/C46H28O/c1-2-14-31-29(12-1)13-9-20-32(31)33-21-10-23-35-34(33)22-11-24-38(35)46-41-18-5-3-16-39(41)45(40-17-4-6-19-42(40)46)30-26-27-37-36-15-7-8-25-43(36)47-44(37)28-30/h1-28H. The van der Waals surface area contributed by atoms with Crippen molar-refractivity contribution >= 4 is 65.0 Å². The van der Waals surface area contributed by atoms with Crippen LogP contribution < -0.4 is 0 Å². The van der Waals surface area contributed by atoms with Gasteiger partial charge in [-0.1, -0.05) is 152 Å². The molecule has 0 aliphatic rings. The second-order valence-corrected chi connectivity index (χ2v) is 12.4. The van der Waals surface area contributed by atoms with E-state index in [2.05, 4.69) is 158 Å². The van der Waals surface area contributed by atoms with Crippen LogP contribution in [0.5, 0.6) is 0 Å². The van der Waals surface area contributed by atoms with Crippen molar-refractivity contribution in [2.24, 2.45) is 0 Å². The second kappa shape index (κ2) is 10.2. The third-order valence-corrected chi connectivity index (χ3v) is 9.87. The molecule has 0 aliphatic heterocycles. The molecule has 1 aromatic heterocycles. The molecule has 10 rings (SSSR count). The van der Waals surface area contributed by atoms with Crippen molar-refractivity contribution in [1.29, 1.82) is 0 Å². The van der Waals surface area contributed by atoms with Crippen molar-refractivity contribution in [3.63, 3.8) is 0 Å². The van der Waals surface area contributed by atoms with Gasteiger partial charge < -0.3 is 4.42 Å². The molecule has 0 amide bonds. The molecule has 9 aromatic carbocycles. The van der Waals surface area contributed by atoms with E-state index in [0.717, 1.165) is 27.5 Å². The molecule has 1 heterocycles. The number of para-hydroxylation sites is 1. The van der Waals surface area contributed by atoms with E-state index < -0.39 is 0 Å². The summed E-state index contributed by atoms with van der Waals surface area (Å²) in [6.07, 6.45) is 0. The van der Waals surface area contributed by atoms with Crippen LogP contribution in [0.3, 0.4) is 0 Å². The Balaban J connectivity index is 1.27. The van der Waals surface area contributed by atoms with E-state index in [1.54, 1.807) is 0 Å². The molecule has 10 aromatic rings. The summed E-state index contributed by atoms with van der Waals surface area (Å²) in [7, 11) is 0. The fraction of sp³-hybridized carbons (Fsp3) is 0. The second-order valence-electron chi connectivity index (χ2n) is 12.4. The average Bonchev–Trinajstić information content (AvgIpc) is 3.51. The third kappa shape index (κ3) is 3.90. The highest BCUT2D eigenvalue weighted by Gasteiger charge is 2.19. The quantitative estimate of drug-likeness (QED) is 0.185. The van der Waals surface area contributed by atoms with Crippen LogP contribution in [0.25, 0.3) is 98.4 Å². The topological polar surface area (TPSA) is 13.1 Å². The average molecular weight is 597 g/mol. The van der Waals surface area contributed by atoms with Crippen molar-refractivity contribution < 1.29 is 4.42 Å². The van der Waals surface area contributed by atoms with Gasteiger partial charge in [0.1, 0.15) is 11.2 Å². The first-order valence-corrected chi connectivity index (χ1v) is 16.2. The molecule has 1 heteroatoms. The Kier molecular flexibility index (Phi) is 5.64. The maximum atomic E-state index is 6.35. The van der Waals surface area contributed by atoms with Gasteiger partial charge in [0.25, 0.3) is 0 Å². The molecule has 1 nitrogen and oxygen atoms in total. The monoisotopic (exact) mass is 596 g/mol. The summed E-state index contributed by atoms with van der Waals surface area (Å²) in [6.45, 7) is 0. The molecule has 218 valence electrons. The van der Waals surface area contributed by atoms with E-state index in [4.69, 9.17) is 4.42 Å². The van der Waals surface area contributed by atoms with Gasteiger partial charge >= 0.3 is 0 Å². The molecule has 0 saturated heterocycles. The fourth-order valence-corrected chi connectivity index (χ4v) is 7.83. The smallest absolute Gasteiger partial charge is 0.136 e. The van der Waals surface area contributed by atoms with Gasteiger partial charge in [-0.25, -0.2) is 0 Å². The number of hydrogen-bond acceptors (Lipinski definition) is 1. The van der Waals surface area contributed by atoms with Gasteiger partial charge in [-0.05, 0) is 94.7 Å². The number of hydrogen-bond donors (Lipinski definition) is 0. The lowest BCUT2D eigenvalue weighted by molar-refractivity contribution is 0.669. The zero-order valence-corrected chi connectivity index (χ0v) is 25.6. The van der Waals surface area contributed by atoms with Crippen LogP contribution in [0.2, 0.25) is 0 Å². The molecule has 0 unspecified atom stereocenters. The maximum Gasteiger partial charge on any atom is 0.136 e. The van der Waals surface area contributed by atoms with Gasteiger partial charge in [0, 0.05) is 10.8 Å². The van der Waals surface area contributed by atoms with E-state index in [0.29, 0.717) is 0 Å². The van der Waals surface area contributed by atoms with E-state index in [-0.39, 0.29) is 0 Å². The number of furan rings is 1. The number of fused-ring (bicyclic) bond motifs is 7. The Hall–Kier alpha value is -6.18. The lowest BCUT2D eigenvalue weighted by Gasteiger charge is -2.19. The molecule has 47 heavy (non-hydrogen) atoms. The Morgan fingerprint density at radius 2 is 0.745 bits per heavy atom. The van der Waals surface area contributed by atoms with Crippen LogP contribution in [0.1, 0.15) is 0 Å². The first kappa shape index (κ1) is 26.1. The Morgan fingerprint density at radius 1 is 0.277 bits per heavy atom. The van der Waals surface area contributed by atoms with Crippen molar-refractivity contribution in [2.45, 2.75) is 0 Å². The van der Waals surface area contributed by atoms with Crippen molar-refractivity contribution in [3.8, 4) is 33.4 Å². The van der Waals surface area contributed by atoms with E-state index in [1.165, 1.54) is 70.9 Å². The van der Waals surface area contributed by atoms with Crippen molar-refractivity contribution in [3.05, 3.63) is 170 Å². The minimum Gasteiger partial charge on any atom is -0.456 e. The molecule has 0 aliphatic carbocycles. The van der Waals surface area contributed by atoms with E-state index in [1.807, 2.05) is 12.1 Å². The predicted molar refractivity (Wildman–Crippen MR) is 200 cm³/mol. The first-order valence-electron chi connectivity index (χ1n) is 16.2. The molecule has 0 bridgehead atoms. The molecule has 0 fully saturated rings. The van der Waals surface area contributed by atoms with Crippen LogP contribution >= 0.6 is 0 Å². The van der Waals surface area contributed by atoms with Gasteiger partial charge in [0.2, 0.25) is 0 Å². The van der Waals surface area contributed by atoms with Gasteiger partial charge in [-0.2, -0.15) is 0 Å². The third-order valence-electron chi connectivity index (χ3n) is 9.87. The largest absolute Gasteiger partial charge is 0.456 e. The highest BCUT2D eigenvalue weighted by atomic mass is 16.3. The number of benzene rings is 9. The SMILES string of the molecule is c1ccc2c(-c3cccc4c(-c5c6ccccc6c(-c6ccc7c(c6)oc6ccccc67)c6ccccc56)cccc34)cccc2c1. The van der Waals surface area contributed by atoms with Gasteiger partial charge in [0.05, 0.1) is 0 Å². The van der Waals surface area contributed by atoms with E-state index in [9.17, 15) is 0 Å². The Morgan fingerprint density at radius 3 is 1.47 bits per heavy atom. The highest BCUT2D eigenvalue weighted by Crippen LogP contribution is 2.47. The maximum absolute atomic E-state index is 6.35. The lowest BCUT2D eigenvalue weighted by atomic mass is 9.84. The molecule has 0 saturated carbocycles. The van der Waals surface area contributed by atoms with E-state index >= 15 is 0 Å². The molecular weight excluding hydrogens is 569 g/mol. The molecule has 0 radical (unpaired) electrons. The van der Waals surface area contributed by atoms with Crippen LogP contribution in [0, 0.1) is 0 Å².